The first-order valence-electron chi connectivity index (χ1n) is 5.69. The van der Waals surface area contributed by atoms with Gasteiger partial charge < -0.3 is 9.26 Å². The largest absolute Gasteiger partial charge is 0.465 e. The SMILES string of the molecule is CCOC(=O)C(C)c1nc(CC2CC2)no1. The lowest BCUT2D eigenvalue weighted by Crippen LogP contribution is -2.13. The number of hydrogen-bond acceptors (Lipinski definition) is 5. The predicted molar refractivity (Wildman–Crippen MR) is 55.8 cm³/mol. The molecule has 2 rings (SSSR count). The molecule has 5 heteroatoms. The van der Waals surface area contributed by atoms with E-state index in [-0.39, 0.29) is 5.97 Å². The molecule has 0 aliphatic heterocycles. The van der Waals surface area contributed by atoms with E-state index in [1.54, 1.807) is 13.8 Å². The summed E-state index contributed by atoms with van der Waals surface area (Å²) >= 11 is 0. The van der Waals surface area contributed by atoms with Gasteiger partial charge in [0.05, 0.1) is 6.61 Å². The Morgan fingerprint density at radius 3 is 3.00 bits per heavy atom. The van der Waals surface area contributed by atoms with Crippen LogP contribution in [0.1, 0.15) is 44.3 Å². The van der Waals surface area contributed by atoms with Crippen molar-refractivity contribution in [1.82, 2.24) is 10.1 Å². The standard InChI is InChI=1S/C11H16N2O3/c1-3-15-11(14)7(2)10-12-9(13-16-10)6-8-4-5-8/h7-8H,3-6H2,1-2H3. The number of aromatic nitrogens is 2. The zero-order chi connectivity index (χ0) is 11.5. The number of carbonyl (C=O) groups is 1. The van der Waals surface area contributed by atoms with Gasteiger partial charge in [-0.25, -0.2) is 0 Å². The van der Waals surface area contributed by atoms with Crippen LogP contribution in [-0.4, -0.2) is 22.7 Å². The molecule has 0 amide bonds. The fraction of sp³-hybridized carbons (Fsp3) is 0.727. The summed E-state index contributed by atoms with van der Waals surface area (Å²) in [4.78, 5) is 15.7. The molecule has 1 aliphatic rings. The Morgan fingerprint density at radius 1 is 1.62 bits per heavy atom. The van der Waals surface area contributed by atoms with Crippen LogP contribution >= 0.6 is 0 Å². The van der Waals surface area contributed by atoms with Gasteiger partial charge in [0.1, 0.15) is 5.92 Å². The summed E-state index contributed by atoms with van der Waals surface area (Å²) in [5, 5.41) is 3.87. The molecule has 0 saturated heterocycles. The average Bonchev–Trinajstić information content (AvgIpc) is 2.94. The highest BCUT2D eigenvalue weighted by Gasteiger charge is 2.27. The van der Waals surface area contributed by atoms with Gasteiger partial charge in [-0.3, -0.25) is 4.79 Å². The Hall–Kier alpha value is -1.39. The minimum Gasteiger partial charge on any atom is -0.465 e. The number of ether oxygens (including phenoxy) is 1. The van der Waals surface area contributed by atoms with Gasteiger partial charge in [-0.05, 0) is 32.6 Å². The number of rotatable bonds is 5. The normalized spacial score (nSPS) is 17.1. The maximum Gasteiger partial charge on any atom is 0.318 e. The summed E-state index contributed by atoms with van der Waals surface area (Å²) in [6, 6.07) is 0. The number of esters is 1. The van der Waals surface area contributed by atoms with E-state index in [1.165, 1.54) is 12.8 Å². The Labute approximate surface area is 94.2 Å². The number of nitrogens with zero attached hydrogens (tertiary/aromatic N) is 2. The van der Waals surface area contributed by atoms with Gasteiger partial charge in [0.25, 0.3) is 0 Å². The fourth-order valence-corrected chi connectivity index (χ4v) is 1.47. The van der Waals surface area contributed by atoms with Gasteiger partial charge in [0, 0.05) is 6.42 Å². The minimum absolute atomic E-state index is 0.316. The van der Waals surface area contributed by atoms with Crippen LogP contribution < -0.4 is 0 Å². The molecule has 1 aliphatic carbocycles. The van der Waals surface area contributed by atoms with Crippen molar-refractivity contribution >= 4 is 5.97 Å². The van der Waals surface area contributed by atoms with E-state index >= 15 is 0 Å². The van der Waals surface area contributed by atoms with Crippen LogP contribution in [0, 0.1) is 5.92 Å². The van der Waals surface area contributed by atoms with E-state index in [0.717, 1.165) is 6.42 Å². The van der Waals surface area contributed by atoms with Crippen LogP contribution in [0.5, 0.6) is 0 Å². The molecule has 1 aromatic rings. The summed E-state index contributed by atoms with van der Waals surface area (Å²) in [5.41, 5.74) is 0. The van der Waals surface area contributed by atoms with Gasteiger partial charge in [0.15, 0.2) is 5.82 Å². The van der Waals surface area contributed by atoms with Crippen molar-refractivity contribution in [1.29, 1.82) is 0 Å². The Balaban J connectivity index is 1.96. The molecule has 5 nitrogen and oxygen atoms in total. The van der Waals surface area contributed by atoms with Crippen molar-refractivity contribution in [3.63, 3.8) is 0 Å². The summed E-state index contributed by atoms with van der Waals surface area (Å²) in [6.07, 6.45) is 3.35. The van der Waals surface area contributed by atoms with Crippen LogP contribution in [0.4, 0.5) is 0 Å². The first-order chi connectivity index (χ1) is 7.70. The maximum absolute atomic E-state index is 11.4. The topological polar surface area (TPSA) is 65.2 Å². The van der Waals surface area contributed by atoms with E-state index < -0.39 is 5.92 Å². The molecule has 1 unspecified atom stereocenters. The van der Waals surface area contributed by atoms with Crippen molar-refractivity contribution < 1.29 is 14.1 Å². The molecular formula is C11H16N2O3. The van der Waals surface area contributed by atoms with E-state index in [2.05, 4.69) is 10.1 Å². The molecule has 0 radical (unpaired) electrons. The summed E-state index contributed by atoms with van der Waals surface area (Å²) in [7, 11) is 0. The first kappa shape index (κ1) is 11.1. The molecule has 16 heavy (non-hydrogen) atoms. The lowest BCUT2D eigenvalue weighted by Gasteiger charge is -2.04. The molecule has 0 spiro atoms. The smallest absolute Gasteiger partial charge is 0.318 e. The highest BCUT2D eigenvalue weighted by Crippen LogP contribution is 2.32. The van der Waals surface area contributed by atoms with Crippen molar-refractivity contribution in [3.8, 4) is 0 Å². The molecule has 88 valence electrons. The third-order valence-electron chi connectivity index (χ3n) is 2.66. The van der Waals surface area contributed by atoms with E-state index in [4.69, 9.17) is 9.26 Å². The van der Waals surface area contributed by atoms with Crippen LogP contribution in [0.15, 0.2) is 4.52 Å². The van der Waals surface area contributed by atoms with Gasteiger partial charge in [0.2, 0.25) is 5.89 Å². The Morgan fingerprint density at radius 2 is 2.38 bits per heavy atom. The monoisotopic (exact) mass is 224 g/mol. The van der Waals surface area contributed by atoms with Crippen LogP contribution in [0.25, 0.3) is 0 Å². The van der Waals surface area contributed by atoms with E-state index in [1.807, 2.05) is 0 Å². The lowest BCUT2D eigenvalue weighted by atomic mass is 10.2. The van der Waals surface area contributed by atoms with Crippen molar-refractivity contribution in [2.24, 2.45) is 5.92 Å². The van der Waals surface area contributed by atoms with Gasteiger partial charge in [-0.2, -0.15) is 4.98 Å². The second-order valence-electron chi connectivity index (χ2n) is 4.17. The van der Waals surface area contributed by atoms with Crippen molar-refractivity contribution in [3.05, 3.63) is 11.7 Å². The Kier molecular flexibility index (Phi) is 3.22. The van der Waals surface area contributed by atoms with Crippen LogP contribution in [0.2, 0.25) is 0 Å². The molecule has 1 aromatic heterocycles. The highest BCUT2D eigenvalue weighted by atomic mass is 16.5. The minimum atomic E-state index is -0.472. The molecule has 1 saturated carbocycles. The second kappa shape index (κ2) is 4.63. The average molecular weight is 224 g/mol. The molecule has 0 N–H and O–H groups in total. The van der Waals surface area contributed by atoms with Crippen molar-refractivity contribution in [2.75, 3.05) is 6.61 Å². The first-order valence-corrected chi connectivity index (χ1v) is 5.69. The number of carbonyl (C=O) groups excluding carboxylic acids is 1. The van der Waals surface area contributed by atoms with Crippen molar-refractivity contribution in [2.45, 2.75) is 39.0 Å². The third kappa shape index (κ3) is 2.59. The molecule has 0 bridgehead atoms. The quantitative estimate of drug-likeness (QED) is 0.712. The molecule has 1 atom stereocenters. The lowest BCUT2D eigenvalue weighted by molar-refractivity contribution is -0.145. The number of hydrogen-bond donors (Lipinski definition) is 0. The third-order valence-corrected chi connectivity index (χ3v) is 2.66. The fourth-order valence-electron chi connectivity index (χ4n) is 1.47. The van der Waals surface area contributed by atoms with Gasteiger partial charge >= 0.3 is 5.97 Å². The summed E-state index contributed by atoms with van der Waals surface area (Å²) in [6.45, 7) is 3.86. The second-order valence-corrected chi connectivity index (χ2v) is 4.17. The van der Waals surface area contributed by atoms with Crippen LogP contribution in [-0.2, 0) is 16.0 Å². The molecule has 1 fully saturated rings. The van der Waals surface area contributed by atoms with Crippen LogP contribution in [0.3, 0.4) is 0 Å². The highest BCUT2D eigenvalue weighted by molar-refractivity contribution is 5.76. The van der Waals surface area contributed by atoms with Gasteiger partial charge in [-0.15, -0.1) is 0 Å². The van der Waals surface area contributed by atoms with Gasteiger partial charge in [-0.1, -0.05) is 5.16 Å². The molecule has 0 aromatic carbocycles. The summed E-state index contributed by atoms with van der Waals surface area (Å²) in [5.74, 6) is 0.982. The van der Waals surface area contributed by atoms with E-state index in [9.17, 15) is 4.79 Å². The predicted octanol–water partition coefficient (Wildman–Crippen LogP) is 1.69. The van der Waals surface area contributed by atoms with E-state index in [0.29, 0.717) is 24.2 Å². The maximum atomic E-state index is 11.4. The zero-order valence-electron chi connectivity index (χ0n) is 9.60. The molecular weight excluding hydrogens is 208 g/mol. The zero-order valence-corrected chi connectivity index (χ0v) is 9.60. The Bertz CT molecular complexity index is 371. The molecule has 1 heterocycles. The summed E-state index contributed by atoms with van der Waals surface area (Å²) < 4.78 is 9.95.